The maximum absolute atomic E-state index is 5.92. The minimum Gasteiger partial charge on any atom is -0.493 e. The van der Waals surface area contributed by atoms with Gasteiger partial charge < -0.3 is 10.1 Å². The largest absolute Gasteiger partial charge is 0.493 e. The Kier molecular flexibility index (Phi) is 5.86. The predicted molar refractivity (Wildman–Crippen MR) is 82.9 cm³/mol. The molecule has 0 aliphatic carbocycles. The number of benzene rings is 1. The fourth-order valence-electron chi connectivity index (χ4n) is 1.84. The molecule has 108 valence electrons. The highest BCUT2D eigenvalue weighted by Crippen LogP contribution is 2.28. The lowest BCUT2D eigenvalue weighted by Gasteiger charge is -2.22. The van der Waals surface area contributed by atoms with Crippen LogP contribution in [0.3, 0.4) is 0 Å². The van der Waals surface area contributed by atoms with Crippen molar-refractivity contribution < 1.29 is 4.74 Å². The van der Waals surface area contributed by atoms with Crippen LogP contribution in [0.25, 0.3) is 0 Å². The zero-order valence-electron chi connectivity index (χ0n) is 13.3. The average molecular weight is 263 g/mol. The highest BCUT2D eigenvalue weighted by molar-refractivity contribution is 5.39. The molecule has 1 aromatic rings. The first-order valence-electron chi connectivity index (χ1n) is 7.31. The van der Waals surface area contributed by atoms with Gasteiger partial charge in [-0.2, -0.15) is 0 Å². The van der Waals surface area contributed by atoms with Gasteiger partial charge in [0.15, 0.2) is 0 Å². The minimum absolute atomic E-state index is 0.178. The Bertz CT molecular complexity index is 391. The van der Waals surface area contributed by atoms with Gasteiger partial charge in [-0.25, -0.2) is 0 Å². The molecular formula is C17H29NO. The van der Waals surface area contributed by atoms with Crippen molar-refractivity contribution in [3.05, 3.63) is 29.3 Å². The van der Waals surface area contributed by atoms with Gasteiger partial charge in [0.2, 0.25) is 0 Å². The van der Waals surface area contributed by atoms with E-state index in [9.17, 15) is 0 Å². The molecule has 1 N–H and O–H groups in total. The van der Waals surface area contributed by atoms with Crippen LogP contribution in [-0.2, 0) is 12.0 Å². The third-order valence-electron chi connectivity index (χ3n) is 3.06. The van der Waals surface area contributed by atoms with Crippen LogP contribution < -0.4 is 10.1 Å². The Morgan fingerprint density at radius 1 is 1.21 bits per heavy atom. The van der Waals surface area contributed by atoms with Crippen molar-refractivity contribution in [1.29, 1.82) is 0 Å². The summed E-state index contributed by atoms with van der Waals surface area (Å²) in [6, 6.07) is 6.58. The first-order chi connectivity index (χ1) is 8.84. The van der Waals surface area contributed by atoms with E-state index in [1.165, 1.54) is 11.1 Å². The molecule has 2 heteroatoms. The van der Waals surface area contributed by atoms with Crippen LogP contribution in [0.15, 0.2) is 18.2 Å². The molecule has 0 aromatic heterocycles. The summed E-state index contributed by atoms with van der Waals surface area (Å²) in [5.41, 5.74) is 2.80. The monoisotopic (exact) mass is 263 g/mol. The van der Waals surface area contributed by atoms with E-state index in [1.807, 2.05) is 0 Å². The van der Waals surface area contributed by atoms with Crippen LogP contribution in [-0.4, -0.2) is 13.2 Å². The lowest BCUT2D eigenvalue weighted by atomic mass is 9.86. The zero-order valence-corrected chi connectivity index (χ0v) is 13.3. The summed E-state index contributed by atoms with van der Waals surface area (Å²) in [7, 11) is 0. The number of rotatable bonds is 6. The molecule has 1 rings (SSSR count). The third-order valence-corrected chi connectivity index (χ3v) is 3.06. The zero-order chi connectivity index (χ0) is 14.5. The van der Waals surface area contributed by atoms with Crippen molar-refractivity contribution in [2.75, 3.05) is 13.2 Å². The molecule has 0 saturated heterocycles. The molecule has 0 aliphatic heterocycles. The molecule has 19 heavy (non-hydrogen) atoms. The highest BCUT2D eigenvalue weighted by Gasteiger charge is 2.16. The van der Waals surface area contributed by atoms with Crippen molar-refractivity contribution in [3.8, 4) is 5.75 Å². The van der Waals surface area contributed by atoms with E-state index in [0.29, 0.717) is 5.92 Å². The van der Waals surface area contributed by atoms with Crippen LogP contribution in [0, 0.1) is 5.92 Å². The van der Waals surface area contributed by atoms with E-state index in [1.54, 1.807) is 0 Å². The summed E-state index contributed by atoms with van der Waals surface area (Å²) in [5, 5.41) is 3.39. The van der Waals surface area contributed by atoms with Crippen molar-refractivity contribution in [2.45, 2.75) is 53.5 Å². The van der Waals surface area contributed by atoms with Gasteiger partial charge in [-0.1, -0.05) is 53.7 Å². The molecule has 0 aliphatic rings. The van der Waals surface area contributed by atoms with Gasteiger partial charge >= 0.3 is 0 Å². The summed E-state index contributed by atoms with van der Waals surface area (Å²) < 4.78 is 5.92. The summed E-state index contributed by atoms with van der Waals surface area (Å²) >= 11 is 0. The van der Waals surface area contributed by atoms with E-state index in [4.69, 9.17) is 4.74 Å². The molecular weight excluding hydrogens is 234 g/mol. The molecule has 0 radical (unpaired) electrons. The molecule has 0 atom stereocenters. The molecule has 0 spiro atoms. The van der Waals surface area contributed by atoms with Crippen molar-refractivity contribution in [2.24, 2.45) is 5.92 Å². The lowest BCUT2D eigenvalue weighted by molar-refractivity contribution is 0.268. The summed E-state index contributed by atoms with van der Waals surface area (Å²) in [5.74, 6) is 1.57. The Morgan fingerprint density at radius 2 is 1.89 bits per heavy atom. The number of nitrogens with one attached hydrogen (secondary N) is 1. The van der Waals surface area contributed by atoms with Crippen molar-refractivity contribution in [3.63, 3.8) is 0 Å². The minimum atomic E-state index is 0.178. The number of hydrogen-bond donors (Lipinski definition) is 1. The van der Waals surface area contributed by atoms with Crippen LogP contribution in [0.1, 0.15) is 52.7 Å². The van der Waals surface area contributed by atoms with Crippen molar-refractivity contribution in [1.82, 2.24) is 5.32 Å². The first-order valence-corrected chi connectivity index (χ1v) is 7.31. The molecule has 0 heterocycles. The SMILES string of the molecule is CCNCc1cc(C(C)(C)C)ccc1OCC(C)C. The van der Waals surface area contributed by atoms with Crippen LogP contribution in [0.4, 0.5) is 0 Å². The second-order valence-corrected chi connectivity index (χ2v) is 6.56. The molecule has 1 aromatic carbocycles. The second-order valence-electron chi connectivity index (χ2n) is 6.56. The summed E-state index contributed by atoms with van der Waals surface area (Å²) in [4.78, 5) is 0. The van der Waals surface area contributed by atoms with E-state index >= 15 is 0 Å². The molecule has 0 bridgehead atoms. The number of hydrogen-bond acceptors (Lipinski definition) is 2. The molecule has 0 amide bonds. The van der Waals surface area contributed by atoms with Crippen LogP contribution in [0.5, 0.6) is 5.75 Å². The standard InChI is InChI=1S/C17H29NO/c1-7-18-11-14-10-15(17(4,5)6)8-9-16(14)19-12-13(2)3/h8-10,13,18H,7,11-12H2,1-6H3. The Hall–Kier alpha value is -1.02. The second kappa shape index (κ2) is 6.95. The van der Waals surface area contributed by atoms with Gasteiger partial charge in [-0.05, 0) is 29.5 Å². The number of ether oxygens (including phenoxy) is 1. The van der Waals surface area contributed by atoms with Crippen LogP contribution >= 0.6 is 0 Å². The molecule has 0 saturated carbocycles. The van der Waals surface area contributed by atoms with Gasteiger partial charge in [0, 0.05) is 12.1 Å². The van der Waals surface area contributed by atoms with E-state index in [0.717, 1.165) is 25.4 Å². The molecule has 2 nitrogen and oxygen atoms in total. The fourth-order valence-corrected chi connectivity index (χ4v) is 1.84. The molecule has 0 unspecified atom stereocenters. The predicted octanol–water partition coefficient (Wildman–Crippen LogP) is 4.13. The quantitative estimate of drug-likeness (QED) is 0.833. The summed E-state index contributed by atoms with van der Waals surface area (Å²) in [6.45, 7) is 15.8. The topological polar surface area (TPSA) is 21.3 Å². The van der Waals surface area contributed by atoms with Crippen LogP contribution in [0.2, 0.25) is 0 Å². The van der Waals surface area contributed by atoms with Gasteiger partial charge in [0.25, 0.3) is 0 Å². The van der Waals surface area contributed by atoms with E-state index in [-0.39, 0.29) is 5.41 Å². The van der Waals surface area contributed by atoms with Gasteiger partial charge in [-0.3, -0.25) is 0 Å². The lowest BCUT2D eigenvalue weighted by Crippen LogP contribution is -2.16. The van der Waals surface area contributed by atoms with Gasteiger partial charge in [-0.15, -0.1) is 0 Å². The third kappa shape index (κ3) is 5.23. The summed E-state index contributed by atoms with van der Waals surface area (Å²) in [6.07, 6.45) is 0. The average Bonchev–Trinajstić information content (AvgIpc) is 2.32. The maximum Gasteiger partial charge on any atom is 0.123 e. The van der Waals surface area contributed by atoms with Gasteiger partial charge in [0.05, 0.1) is 6.61 Å². The first kappa shape index (κ1) is 16.0. The molecule has 0 fully saturated rings. The Morgan fingerprint density at radius 3 is 2.42 bits per heavy atom. The maximum atomic E-state index is 5.92. The normalized spacial score (nSPS) is 11.9. The fraction of sp³-hybridized carbons (Fsp3) is 0.647. The smallest absolute Gasteiger partial charge is 0.123 e. The van der Waals surface area contributed by atoms with Gasteiger partial charge in [0.1, 0.15) is 5.75 Å². The van der Waals surface area contributed by atoms with E-state index < -0.39 is 0 Å². The Labute approximate surface area is 118 Å². The van der Waals surface area contributed by atoms with E-state index in [2.05, 4.69) is 65.1 Å². The Balaban J connectivity index is 2.95. The van der Waals surface area contributed by atoms with Crippen molar-refractivity contribution >= 4 is 0 Å². The highest BCUT2D eigenvalue weighted by atomic mass is 16.5.